The van der Waals surface area contributed by atoms with E-state index in [0.717, 1.165) is 5.56 Å². The fourth-order valence-electron chi connectivity index (χ4n) is 2.60. The van der Waals surface area contributed by atoms with Gasteiger partial charge in [0.2, 0.25) is 0 Å². The predicted octanol–water partition coefficient (Wildman–Crippen LogP) is 3.68. The van der Waals surface area contributed by atoms with Gasteiger partial charge >= 0.3 is 0 Å². The number of rotatable bonds is 5. The first kappa shape index (κ1) is 18.1. The maximum atomic E-state index is 12.8. The monoisotopic (exact) mass is 385 g/mol. The Kier molecular flexibility index (Phi) is 5.35. The number of nitrogens with one attached hydrogen (secondary N) is 2. The molecule has 26 heavy (non-hydrogen) atoms. The zero-order valence-corrected chi connectivity index (χ0v) is 15.4. The number of carbonyl (C=O) groups is 1. The zero-order valence-electron chi connectivity index (χ0n) is 13.8. The van der Waals surface area contributed by atoms with Gasteiger partial charge in [0.25, 0.3) is 11.5 Å². The van der Waals surface area contributed by atoms with Crippen LogP contribution in [0.25, 0.3) is 10.9 Å². The molecule has 2 N–H and O–H groups in total. The minimum absolute atomic E-state index is 0.235. The molecule has 0 radical (unpaired) electrons. The van der Waals surface area contributed by atoms with Crippen LogP contribution in [0.4, 0.5) is 0 Å². The molecular weight excluding hydrogens is 370 g/mol. The van der Waals surface area contributed by atoms with Crippen molar-refractivity contribution < 1.29 is 4.79 Å². The quantitative estimate of drug-likeness (QED) is 0.520. The van der Waals surface area contributed by atoms with E-state index in [2.05, 4.69) is 16.9 Å². The van der Waals surface area contributed by atoms with Gasteiger partial charge in [0, 0.05) is 17.1 Å². The number of carbonyl (C=O) groups excluding carboxylic acids is 1. The summed E-state index contributed by atoms with van der Waals surface area (Å²) in [4.78, 5) is 27.9. The van der Waals surface area contributed by atoms with Crippen molar-refractivity contribution in [2.75, 3.05) is 6.54 Å². The lowest BCUT2D eigenvalue weighted by molar-refractivity contribution is 0.0958. The summed E-state index contributed by atoms with van der Waals surface area (Å²) < 4.78 is 1.72. The van der Waals surface area contributed by atoms with Crippen LogP contribution in [0.2, 0.25) is 5.02 Å². The second-order valence-corrected chi connectivity index (χ2v) is 6.47. The van der Waals surface area contributed by atoms with Crippen LogP contribution in [0.1, 0.15) is 15.9 Å². The van der Waals surface area contributed by atoms with E-state index in [0.29, 0.717) is 28.0 Å². The molecule has 0 saturated carbocycles. The maximum absolute atomic E-state index is 12.8. The lowest BCUT2D eigenvalue weighted by Crippen LogP contribution is -2.25. The summed E-state index contributed by atoms with van der Waals surface area (Å²) in [6.45, 7) is 4.20. The largest absolute Gasteiger partial charge is 0.349 e. The number of amides is 1. The van der Waals surface area contributed by atoms with E-state index in [-0.39, 0.29) is 22.8 Å². The minimum atomic E-state index is -0.244. The number of nitrogens with zero attached hydrogens (tertiary/aromatic N) is 1. The molecule has 2 aromatic carbocycles. The molecule has 0 spiro atoms. The molecule has 0 fully saturated rings. The van der Waals surface area contributed by atoms with Crippen LogP contribution in [-0.2, 0) is 6.54 Å². The van der Waals surface area contributed by atoms with Crippen LogP contribution in [0, 0.1) is 4.77 Å². The molecule has 5 nitrogen and oxygen atoms in total. The fourth-order valence-corrected chi connectivity index (χ4v) is 3.06. The van der Waals surface area contributed by atoms with Crippen molar-refractivity contribution in [1.82, 2.24) is 14.9 Å². The van der Waals surface area contributed by atoms with E-state index in [1.54, 1.807) is 30.3 Å². The molecule has 132 valence electrons. The SMILES string of the molecule is C=CCNC(=O)c1ccc2c(=O)n(Cc3ccccc3Cl)c(=S)[nH]c2c1. The van der Waals surface area contributed by atoms with E-state index in [1.165, 1.54) is 4.57 Å². The third-order valence-electron chi connectivity index (χ3n) is 3.94. The number of fused-ring (bicyclic) bond motifs is 1. The van der Waals surface area contributed by atoms with Gasteiger partial charge in [0.1, 0.15) is 0 Å². The number of halogens is 1. The Hall–Kier alpha value is -2.70. The average Bonchev–Trinajstić information content (AvgIpc) is 2.64. The normalized spacial score (nSPS) is 10.7. The molecule has 1 aromatic heterocycles. The molecule has 3 rings (SSSR count). The maximum Gasteiger partial charge on any atom is 0.262 e. The van der Waals surface area contributed by atoms with Crippen LogP contribution >= 0.6 is 23.8 Å². The second kappa shape index (κ2) is 7.68. The van der Waals surface area contributed by atoms with Gasteiger partial charge in [-0.15, -0.1) is 6.58 Å². The molecule has 0 unspecified atom stereocenters. The van der Waals surface area contributed by atoms with E-state index in [1.807, 2.05) is 18.2 Å². The summed E-state index contributed by atoms with van der Waals surface area (Å²) in [5, 5.41) is 3.72. The van der Waals surface area contributed by atoms with E-state index in [4.69, 9.17) is 23.8 Å². The fraction of sp³-hybridized carbons (Fsp3) is 0.105. The Morgan fingerprint density at radius 1 is 1.31 bits per heavy atom. The van der Waals surface area contributed by atoms with Gasteiger partial charge in [0.05, 0.1) is 17.4 Å². The second-order valence-electron chi connectivity index (χ2n) is 5.67. The molecule has 1 amide bonds. The molecule has 0 saturated heterocycles. The highest BCUT2D eigenvalue weighted by Gasteiger charge is 2.11. The molecule has 1 heterocycles. The van der Waals surface area contributed by atoms with Crippen molar-refractivity contribution in [1.29, 1.82) is 0 Å². The van der Waals surface area contributed by atoms with Crippen LogP contribution in [0.5, 0.6) is 0 Å². The molecule has 7 heteroatoms. The number of aromatic nitrogens is 2. The average molecular weight is 386 g/mol. The van der Waals surface area contributed by atoms with Crippen LogP contribution < -0.4 is 10.9 Å². The molecule has 0 atom stereocenters. The molecular formula is C19H16ClN3O2S. The summed E-state index contributed by atoms with van der Waals surface area (Å²) in [5.41, 5.74) is 1.52. The Balaban J connectivity index is 2.05. The van der Waals surface area contributed by atoms with Crippen molar-refractivity contribution >= 4 is 40.6 Å². The summed E-state index contributed by atoms with van der Waals surface area (Å²) in [7, 11) is 0. The molecule has 3 aromatic rings. The van der Waals surface area contributed by atoms with Crippen molar-refractivity contribution in [2.45, 2.75) is 6.54 Å². The Bertz CT molecular complexity index is 1120. The van der Waals surface area contributed by atoms with Gasteiger partial charge < -0.3 is 10.3 Å². The summed E-state index contributed by atoms with van der Waals surface area (Å²) in [6, 6.07) is 12.1. The van der Waals surface area contributed by atoms with Gasteiger partial charge in [-0.1, -0.05) is 35.9 Å². The molecule has 0 aliphatic carbocycles. The number of hydrogen-bond acceptors (Lipinski definition) is 3. The minimum Gasteiger partial charge on any atom is -0.349 e. The van der Waals surface area contributed by atoms with Gasteiger partial charge in [-0.2, -0.15) is 0 Å². The van der Waals surface area contributed by atoms with Crippen molar-refractivity contribution in [3.8, 4) is 0 Å². The first-order valence-corrected chi connectivity index (χ1v) is 8.69. The topological polar surface area (TPSA) is 66.9 Å². The molecule has 0 aliphatic rings. The summed E-state index contributed by atoms with van der Waals surface area (Å²) in [5.74, 6) is -0.244. The van der Waals surface area contributed by atoms with E-state index >= 15 is 0 Å². The van der Waals surface area contributed by atoms with E-state index in [9.17, 15) is 9.59 Å². The third-order valence-corrected chi connectivity index (χ3v) is 4.63. The van der Waals surface area contributed by atoms with Gasteiger partial charge in [-0.05, 0) is 42.0 Å². The highest BCUT2D eigenvalue weighted by molar-refractivity contribution is 7.71. The first-order valence-electron chi connectivity index (χ1n) is 7.90. The lowest BCUT2D eigenvalue weighted by Gasteiger charge is -2.10. The highest BCUT2D eigenvalue weighted by Crippen LogP contribution is 2.17. The van der Waals surface area contributed by atoms with Gasteiger partial charge in [-0.3, -0.25) is 14.2 Å². The predicted molar refractivity (Wildman–Crippen MR) is 106 cm³/mol. The number of hydrogen-bond donors (Lipinski definition) is 2. The van der Waals surface area contributed by atoms with Crippen LogP contribution in [0.15, 0.2) is 59.9 Å². The Morgan fingerprint density at radius 2 is 2.08 bits per heavy atom. The number of H-pyrrole nitrogens is 1. The Morgan fingerprint density at radius 3 is 2.81 bits per heavy atom. The summed E-state index contributed by atoms with van der Waals surface area (Å²) in [6.07, 6.45) is 1.60. The standard InChI is InChI=1S/C19H16ClN3O2S/c1-2-9-21-17(24)12-7-8-14-16(10-12)22-19(26)23(18(14)25)11-13-5-3-4-6-15(13)20/h2-8,10H,1,9,11H2,(H,21,24)(H,22,26). The Labute approximate surface area is 159 Å². The summed E-state index contributed by atoms with van der Waals surface area (Å²) >= 11 is 11.5. The zero-order chi connectivity index (χ0) is 18.7. The lowest BCUT2D eigenvalue weighted by atomic mass is 10.1. The number of benzene rings is 2. The molecule has 0 bridgehead atoms. The third kappa shape index (κ3) is 3.61. The van der Waals surface area contributed by atoms with Gasteiger partial charge in [-0.25, -0.2) is 0 Å². The van der Waals surface area contributed by atoms with Crippen LogP contribution in [0.3, 0.4) is 0 Å². The smallest absolute Gasteiger partial charge is 0.262 e. The van der Waals surface area contributed by atoms with Crippen molar-refractivity contribution in [3.63, 3.8) is 0 Å². The highest BCUT2D eigenvalue weighted by atomic mass is 35.5. The van der Waals surface area contributed by atoms with Crippen molar-refractivity contribution in [3.05, 3.63) is 86.4 Å². The van der Waals surface area contributed by atoms with Crippen LogP contribution in [-0.4, -0.2) is 22.0 Å². The van der Waals surface area contributed by atoms with Gasteiger partial charge in [0.15, 0.2) is 4.77 Å². The van der Waals surface area contributed by atoms with E-state index < -0.39 is 0 Å². The molecule has 0 aliphatic heterocycles. The van der Waals surface area contributed by atoms with Crippen molar-refractivity contribution in [2.24, 2.45) is 0 Å². The first-order chi connectivity index (χ1) is 12.5. The number of aromatic amines is 1.